The molecule has 8 nitrogen and oxygen atoms in total. The number of aryl methyl sites for hydroxylation is 1. The lowest BCUT2D eigenvalue weighted by Gasteiger charge is -2.39. The maximum absolute atomic E-state index is 13.5. The Morgan fingerprint density at radius 2 is 1.73 bits per heavy atom. The predicted octanol–water partition coefficient (Wildman–Crippen LogP) is 5.68. The normalized spacial score (nSPS) is 16.3. The summed E-state index contributed by atoms with van der Waals surface area (Å²) in [6.07, 6.45) is 3.48. The van der Waals surface area contributed by atoms with Gasteiger partial charge in [-0.3, -0.25) is 9.59 Å². The lowest BCUT2D eigenvalue weighted by Crippen LogP contribution is -2.61. The molecule has 1 unspecified atom stereocenters. The Labute approximate surface area is 263 Å². The molecule has 1 aliphatic rings. The van der Waals surface area contributed by atoms with Gasteiger partial charge in [-0.1, -0.05) is 75.4 Å². The number of sulfonamides is 1. The number of H-pyrrole nitrogens is 1. The zero-order valence-corrected chi connectivity index (χ0v) is 26.6. The number of amides is 2. The van der Waals surface area contributed by atoms with Crippen LogP contribution < -0.4 is 5.32 Å². The van der Waals surface area contributed by atoms with Gasteiger partial charge in [0.25, 0.3) is 0 Å². The number of unbranched alkanes of at least 4 members (excludes halogenated alkanes) is 5. The van der Waals surface area contributed by atoms with Gasteiger partial charge >= 0.3 is 6.18 Å². The number of carbonyl (C=O) groups is 2. The van der Waals surface area contributed by atoms with E-state index in [2.05, 4.69) is 17.2 Å². The number of aromatic nitrogens is 1. The van der Waals surface area contributed by atoms with Crippen LogP contribution in [0.2, 0.25) is 0 Å². The number of carbonyl (C=O) groups excluding carboxylic acids is 2. The second-order valence-electron chi connectivity index (χ2n) is 11.6. The van der Waals surface area contributed by atoms with E-state index in [4.69, 9.17) is 0 Å². The van der Waals surface area contributed by atoms with E-state index in [0.717, 1.165) is 60.7 Å². The summed E-state index contributed by atoms with van der Waals surface area (Å²) in [5.41, 5.74) is 1.61. The summed E-state index contributed by atoms with van der Waals surface area (Å²) < 4.78 is 67.5. The molecule has 2 heterocycles. The first-order chi connectivity index (χ1) is 21.5. The van der Waals surface area contributed by atoms with Crippen molar-refractivity contribution < 1.29 is 31.2 Å². The Morgan fingerprint density at radius 3 is 2.51 bits per heavy atom. The first kappa shape index (κ1) is 34.5. The second-order valence-corrected chi connectivity index (χ2v) is 13.7. The Morgan fingerprint density at radius 1 is 0.978 bits per heavy atom. The van der Waals surface area contributed by atoms with Crippen molar-refractivity contribution in [3.05, 3.63) is 71.4 Å². The van der Waals surface area contributed by atoms with Crippen molar-refractivity contribution in [2.45, 2.75) is 76.9 Å². The molecule has 3 aromatic rings. The van der Waals surface area contributed by atoms with Gasteiger partial charge in [0.05, 0.1) is 11.3 Å². The van der Waals surface area contributed by atoms with Crippen molar-refractivity contribution in [3.63, 3.8) is 0 Å². The van der Waals surface area contributed by atoms with Crippen LogP contribution in [0.15, 0.2) is 54.7 Å². The minimum absolute atomic E-state index is 0.0198. The van der Waals surface area contributed by atoms with Crippen molar-refractivity contribution in [2.24, 2.45) is 0 Å². The van der Waals surface area contributed by atoms with Gasteiger partial charge in [0.2, 0.25) is 21.8 Å². The molecule has 0 bridgehead atoms. The van der Waals surface area contributed by atoms with Gasteiger partial charge < -0.3 is 15.2 Å². The third kappa shape index (κ3) is 9.56. The highest BCUT2D eigenvalue weighted by Gasteiger charge is 2.40. The number of rotatable bonds is 15. The highest BCUT2D eigenvalue weighted by atomic mass is 32.2. The molecule has 12 heteroatoms. The number of halogens is 3. The van der Waals surface area contributed by atoms with Gasteiger partial charge in [-0.25, -0.2) is 8.42 Å². The maximum Gasteiger partial charge on any atom is 0.416 e. The number of benzene rings is 2. The fourth-order valence-electron chi connectivity index (χ4n) is 5.81. The molecule has 246 valence electrons. The first-order valence-corrected chi connectivity index (χ1v) is 17.4. The van der Waals surface area contributed by atoms with Gasteiger partial charge in [-0.2, -0.15) is 17.5 Å². The minimum Gasteiger partial charge on any atom is -0.361 e. The number of aromatic amines is 1. The molecule has 0 saturated carbocycles. The highest BCUT2D eigenvalue weighted by Crippen LogP contribution is 2.30. The Bertz CT molecular complexity index is 1540. The van der Waals surface area contributed by atoms with Gasteiger partial charge in [0.15, 0.2) is 0 Å². The molecule has 0 spiro atoms. The van der Waals surface area contributed by atoms with E-state index in [9.17, 15) is 31.2 Å². The van der Waals surface area contributed by atoms with E-state index >= 15 is 0 Å². The van der Waals surface area contributed by atoms with E-state index in [-0.39, 0.29) is 50.7 Å². The van der Waals surface area contributed by atoms with Crippen LogP contribution in [0.4, 0.5) is 13.2 Å². The molecule has 1 aliphatic heterocycles. The molecule has 1 atom stereocenters. The van der Waals surface area contributed by atoms with E-state index < -0.39 is 33.7 Å². The average Bonchev–Trinajstić information content (AvgIpc) is 3.44. The molecule has 2 aromatic carbocycles. The number of hydrogen-bond acceptors (Lipinski definition) is 4. The Balaban J connectivity index is 1.40. The average molecular weight is 649 g/mol. The second kappa shape index (κ2) is 15.8. The third-order valence-electron chi connectivity index (χ3n) is 8.35. The van der Waals surface area contributed by atoms with Crippen LogP contribution in [-0.2, 0) is 38.6 Å². The molecule has 2 N–H and O–H groups in total. The van der Waals surface area contributed by atoms with Gasteiger partial charge in [-0.05, 0) is 42.5 Å². The molecular weight excluding hydrogens is 605 g/mol. The molecule has 1 aromatic heterocycles. The summed E-state index contributed by atoms with van der Waals surface area (Å²) in [5.74, 6) is -0.879. The highest BCUT2D eigenvalue weighted by molar-refractivity contribution is 7.89. The smallest absolute Gasteiger partial charge is 0.361 e. The van der Waals surface area contributed by atoms with Crippen LogP contribution in [0, 0.1) is 0 Å². The summed E-state index contributed by atoms with van der Waals surface area (Å²) in [6, 6.07) is 11.6. The van der Waals surface area contributed by atoms with E-state index in [1.165, 1.54) is 15.3 Å². The number of alkyl halides is 3. The Kier molecular flexibility index (Phi) is 12.1. The molecule has 1 saturated heterocycles. The largest absolute Gasteiger partial charge is 0.416 e. The SMILES string of the molecule is CCCCCCCCS(=O)(=O)N1CCN(C(=O)CCc2cccc(C(F)(F)F)c2)CC1C(=O)NCCc1c[nH]c2ccccc12. The summed E-state index contributed by atoms with van der Waals surface area (Å²) in [4.78, 5) is 31.3. The number of hydrogen-bond donors (Lipinski definition) is 2. The van der Waals surface area contributed by atoms with Crippen molar-refractivity contribution in [1.29, 1.82) is 0 Å². The van der Waals surface area contributed by atoms with Crippen LogP contribution in [0.25, 0.3) is 10.9 Å². The van der Waals surface area contributed by atoms with E-state index in [1.54, 1.807) is 6.07 Å². The molecule has 0 radical (unpaired) electrons. The predicted molar refractivity (Wildman–Crippen MR) is 169 cm³/mol. The summed E-state index contributed by atoms with van der Waals surface area (Å²) in [5, 5.41) is 3.93. The molecule has 0 aliphatic carbocycles. The molecule has 4 rings (SSSR count). The van der Waals surface area contributed by atoms with Crippen LogP contribution in [0.5, 0.6) is 0 Å². The minimum atomic E-state index is -4.48. The van der Waals surface area contributed by atoms with Crippen LogP contribution >= 0.6 is 0 Å². The fraction of sp³-hybridized carbons (Fsp3) is 0.515. The maximum atomic E-state index is 13.5. The molecule has 1 fully saturated rings. The zero-order chi connectivity index (χ0) is 32.5. The van der Waals surface area contributed by atoms with Crippen molar-refractivity contribution >= 4 is 32.7 Å². The van der Waals surface area contributed by atoms with Gasteiger partial charge in [0, 0.05) is 49.7 Å². The Hall–Kier alpha value is -3.38. The van der Waals surface area contributed by atoms with Gasteiger partial charge in [-0.15, -0.1) is 0 Å². The lowest BCUT2D eigenvalue weighted by atomic mass is 10.1. The van der Waals surface area contributed by atoms with Crippen molar-refractivity contribution in [3.8, 4) is 0 Å². The third-order valence-corrected chi connectivity index (χ3v) is 10.3. The van der Waals surface area contributed by atoms with E-state index in [0.29, 0.717) is 18.4 Å². The number of nitrogens with one attached hydrogen (secondary N) is 2. The summed E-state index contributed by atoms with van der Waals surface area (Å²) in [7, 11) is -3.77. The van der Waals surface area contributed by atoms with Crippen molar-refractivity contribution in [1.82, 2.24) is 19.5 Å². The summed E-state index contributed by atoms with van der Waals surface area (Å²) in [6.45, 7) is 2.37. The van der Waals surface area contributed by atoms with Crippen LogP contribution in [0.3, 0.4) is 0 Å². The molecule has 2 amide bonds. The molecule has 45 heavy (non-hydrogen) atoms. The van der Waals surface area contributed by atoms with Crippen molar-refractivity contribution in [2.75, 3.05) is 31.9 Å². The zero-order valence-electron chi connectivity index (χ0n) is 25.7. The number of fused-ring (bicyclic) bond motifs is 1. The lowest BCUT2D eigenvalue weighted by molar-refractivity contribution is -0.137. The van der Waals surface area contributed by atoms with E-state index in [1.807, 2.05) is 30.5 Å². The van der Waals surface area contributed by atoms with Crippen LogP contribution in [-0.4, -0.2) is 72.4 Å². The number of para-hydroxylation sites is 1. The van der Waals surface area contributed by atoms with Gasteiger partial charge in [0.1, 0.15) is 6.04 Å². The number of nitrogens with zero attached hydrogens (tertiary/aromatic N) is 2. The number of piperazine rings is 1. The standard InChI is InChI=1S/C33H43F3N4O4S/c1-2-3-4-5-6-9-21-45(43,44)40-20-19-39(31(41)16-15-25-11-10-12-27(22-25)33(34,35)36)24-30(40)32(42)37-18-17-26-23-38-29-14-8-7-13-28(26)29/h7-8,10-14,22-23,30,38H,2-6,9,15-21,24H2,1H3,(H,37,42). The van der Waals surface area contributed by atoms with Crippen LogP contribution in [0.1, 0.15) is 68.6 Å². The quantitative estimate of drug-likeness (QED) is 0.207. The first-order valence-electron chi connectivity index (χ1n) is 15.8. The monoisotopic (exact) mass is 648 g/mol. The summed E-state index contributed by atoms with van der Waals surface area (Å²) >= 11 is 0. The molecular formula is C33H43F3N4O4S. The topological polar surface area (TPSA) is 103 Å². The fourth-order valence-corrected chi connectivity index (χ4v) is 7.52.